The highest BCUT2D eigenvalue weighted by molar-refractivity contribution is 5.90. The predicted molar refractivity (Wildman–Crippen MR) is 99.0 cm³/mol. The number of hydrogen-bond acceptors (Lipinski definition) is 7. The van der Waals surface area contributed by atoms with Crippen LogP contribution in [0.25, 0.3) is 0 Å². The van der Waals surface area contributed by atoms with Crippen molar-refractivity contribution in [2.45, 2.75) is 6.42 Å². The Kier molecular flexibility index (Phi) is 5.36. The molecule has 3 aromatic rings. The van der Waals surface area contributed by atoms with Gasteiger partial charge >= 0.3 is 11.7 Å². The van der Waals surface area contributed by atoms with Gasteiger partial charge in [0.15, 0.2) is 0 Å². The summed E-state index contributed by atoms with van der Waals surface area (Å²) in [5.41, 5.74) is 2.59. The number of rotatable bonds is 6. The van der Waals surface area contributed by atoms with Crippen LogP contribution < -0.4 is 5.32 Å². The highest BCUT2D eigenvalue weighted by Crippen LogP contribution is 2.26. The van der Waals surface area contributed by atoms with E-state index in [0.717, 1.165) is 23.6 Å². The topological polar surface area (TPSA) is 107 Å². The van der Waals surface area contributed by atoms with Crippen LogP contribution >= 0.6 is 0 Å². The molecule has 1 aromatic carbocycles. The standard InChI is InChI=1S/C19H16N4O4/c1-27-19(24)15-11-17(23(25)26)18(21-12-15)22-16-4-2-13(3-5-16)10-14-6-8-20-9-7-14/h2-9,11-12H,10H2,1H3,(H,21,22). The van der Waals surface area contributed by atoms with Crippen LogP contribution in [0.1, 0.15) is 21.5 Å². The molecule has 0 radical (unpaired) electrons. The summed E-state index contributed by atoms with van der Waals surface area (Å²) in [7, 11) is 1.20. The van der Waals surface area contributed by atoms with Crippen LogP contribution in [0.5, 0.6) is 0 Å². The first kappa shape index (κ1) is 18.0. The molecule has 0 unspecified atom stereocenters. The first-order chi connectivity index (χ1) is 13.1. The fourth-order valence-corrected chi connectivity index (χ4v) is 2.50. The van der Waals surface area contributed by atoms with Crippen molar-refractivity contribution in [3.63, 3.8) is 0 Å². The van der Waals surface area contributed by atoms with Crippen molar-refractivity contribution in [2.24, 2.45) is 0 Å². The largest absolute Gasteiger partial charge is 0.465 e. The number of methoxy groups -OCH3 is 1. The fraction of sp³-hybridized carbons (Fsp3) is 0.105. The quantitative estimate of drug-likeness (QED) is 0.405. The summed E-state index contributed by atoms with van der Waals surface area (Å²) in [6, 6.07) is 12.5. The molecule has 1 N–H and O–H groups in total. The van der Waals surface area contributed by atoms with Crippen molar-refractivity contribution in [3.05, 3.63) is 87.9 Å². The van der Waals surface area contributed by atoms with Gasteiger partial charge in [-0.2, -0.15) is 0 Å². The molecule has 27 heavy (non-hydrogen) atoms. The molecular formula is C19H16N4O4. The highest BCUT2D eigenvalue weighted by atomic mass is 16.6. The fourth-order valence-electron chi connectivity index (χ4n) is 2.50. The molecule has 0 saturated carbocycles. The number of ether oxygens (including phenoxy) is 1. The van der Waals surface area contributed by atoms with Gasteiger partial charge in [0.1, 0.15) is 0 Å². The maximum absolute atomic E-state index is 11.5. The van der Waals surface area contributed by atoms with Crippen molar-refractivity contribution in [1.29, 1.82) is 0 Å². The Bertz CT molecular complexity index is 959. The van der Waals surface area contributed by atoms with E-state index in [2.05, 4.69) is 20.0 Å². The minimum absolute atomic E-state index is 0.0162. The Balaban J connectivity index is 1.78. The summed E-state index contributed by atoms with van der Waals surface area (Å²) in [5.74, 6) is -0.632. The number of hydrogen-bond donors (Lipinski definition) is 1. The van der Waals surface area contributed by atoms with E-state index in [9.17, 15) is 14.9 Å². The molecule has 0 amide bonds. The summed E-state index contributed by atoms with van der Waals surface area (Å²) >= 11 is 0. The maximum atomic E-state index is 11.5. The van der Waals surface area contributed by atoms with Gasteiger partial charge in [0.25, 0.3) is 0 Å². The zero-order valence-corrected chi connectivity index (χ0v) is 14.5. The van der Waals surface area contributed by atoms with E-state index in [1.54, 1.807) is 12.4 Å². The van der Waals surface area contributed by atoms with Crippen molar-refractivity contribution < 1.29 is 14.5 Å². The number of carbonyl (C=O) groups excluding carboxylic acids is 1. The second-order valence-electron chi connectivity index (χ2n) is 5.69. The van der Waals surface area contributed by atoms with Crippen molar-refractivity contribution in [2.75, 3.05) is 12.4 Å². The van der Waals surface area contributed by atoms with Crippen molar-refractivity contribution in [1.82, 2.24) is 9.97 Å². The Morgan fingerprint density at radius 2 is 1.81 bits per heavy atom. The molecular weight excluding hydrogens is 348 g/mol. The summed E-state index contributed by atoms with van der Waals surface area (Å²) < 4.78 is 4.57. The van der Waals surface area contributed by atoms with E-state index in [1.807, 2.05) is 36.4 Å². The monoisotopic (exact) mass is 364 g/mol. The van der Waals surface area contributed by atoms with Gasteiger partial charge in [-0.25, -0.2) is 9.78 Å². The maximum Gasteiger partial charge on any atom is 0.339 e. The normalized spacial score (nSPS) is 10.3. The van der Waals surface area contributed by atoms with Gasteiger partial charge < -0.3 is 10.1 Å². The first-order valence-electron chi connectivity index (χ1n) is 8.04. The average molecular weight is 364 g/mol. The van der Waals surface area contributed by atoms with Crippen LogP contribution in [0.3, 0.4) is 0 Å². The Morgan fingerprint density at radius 1 is 1.15 bits per heavy atom. The zero-order valence-electron chi connectivity index (χ0n) is 14.5. The molecule has 0 atom stereocenters. The predicted octanol–water partition coefficient (Wildman–Crippen LogP) is 3.51. The van der Waals surface area contributed by atoms with Gasteiger partial charge in [-0.3, -0.25) is 15.1 Å². The van der Waals surface area contributed by atoms with Gasteiger partial charge in [0.2, 0.25) is 5.82 Å². The number of benzene rings is 1. The van der Waals surface area contributed by atoms with Crippen molar-refractivity contribution in [3.8, 4) is 0 Å². The van der Waals surface area contributed by atoms with E-state index < -0.39 is 10.9 Å². The van der Waals surface area contributed by atoms with Crippen LogP contribution in [0.15, 0.2) is 61.1 Å². The number of nitrogens with one attached hydrogen (secondary N) is 1. The number of carbonyl (C=O) groups is 1. The molecule has 8 nitrogen and oxygen atoms in total. The van der Waals surface area contributed by atoms with Crippen LogP contribution in [0, 0.1) is 10.1 Å². The molecule has 0 aliphatic rings. The lowest BCUT2D eigenvalue weighted by molar-refractivity contribution is -0.384. The Labute approximate surface area is 155 Å². The summed E-state index contributed by atoms with van der Waals surface area (Å²) in [5, 5.41) is 14.2. The Hall–Kier alpha value is -3.81. The van der Waals surface area contributed by atoms with Crippen molar-refractivity contribution >= 4 is 23.2 Å². The second-order valence-corrected chi connectivity index (χ2v) is 5.69. The zero-order chi connectivity index (χ0) is 19.2. The van der Waals surface area contributed by atoms with E-state index >= 15 is 0 Å². The number of pyridine rings is 2. The average Bonchev–Trinajstić information content (AvgIpc) is 2.70. The van der Waals surface area contributed by atoms with E-state index in [0.29, 0.717) is 5.69 Å². The van der Waals surface area contributed by atoms with Crippen LogP contribution in [-0.2, 0) is 11.2 Å². The smallest absolute Gasteiger partial charge is 0.339 e. The molecule has 0 aliphatic heterocycles. The lowest BCUT2D eigenvalue weighted by Gasteiger charge is -2.08. The second kappa shape index (κ2) is 8.05. The third kappa shape index (κ3) is 4.43. The van der Waals surface area contributed by atoms with Crippen LogP contribution in [0.2, 0.25) is 0 Å². The SMILES string of the molecule is COC(=O)c1cnc(Nc2ccc(Cc3ccncc3)cc2)c([N+](=O)[O-])c1. The number of anilines is 2. The molecule has 0 saturated heterocycles. The molecule has 3 rings (SSSR count). The minimum atomic E-state index is -0.683. The van der Waals surface area contributed by atoms with Crippen LogP contribution in [-0.4, -0.2) is 28.0 Å². The number of aromatic nitrogens is 2. The van der Waals surface area contributed by atoms with E-state index in [1.165, 1.54) is 13.3 Å². The van der Waals surface area contributed by atoms with Gasteiger partial charge in [-0.1, -0.05) is 12.1 Å². The Morgan fingerprint density at radius 3 is 2.44 bits per heavy atom. The first-order valence-corrected chi connectivity index (χ1v) is 8.04. The summed E-state index contributed by atoms with van der Waals surface area (Å²) in [4.78, 5) is 30.2. The number of nitrogens with zero attached hydrogens (tertiary/aromatic N) is 3. The molecule has 2 heterocycles. The van der Waals surface area contributed by atoms with Gasteiger partial charge in [0, 0.05) is 30.3 Å². The van der Waals surface area contributed by atoms with E-state index in [-0.39, 0.29) is 17.1 Å². The van der Waals surface area contributed by atoms with Gasteiger partial charge in [-0.15, -0.1) is 0 Å². The summed E-state index contributed by atoms with van der Waals surface area (Å²) in [6.07, 6.45) is 5.48. The molecule has 0 spiro atoms. The molecule has 0 bridgehead atoms. The molecule has 2 aromatic heterocycles. The highest BCUT2D eigenvalue weighted by Gasteiger charge is 2.19. The lowest BCUT2D eigenvalue weighted by atomic mass is 10.1. The van der Waals surface area contributed by atoms with E-state index in [4.69, 9.17) is 0 Å². The number of nitro groups is 1. The molecule has 0 fully saturated rings. The molecule has 0 aliphatic carbocycles. The van der Waals surface area contributed by atoms with Crippen LogP contribution in [0.4, 0.5) is 17.2 Å². The lowest BCUT2D eigenvalue weighted by Crippen LogP contribution is -2.06. The van der Waals surface area contributed by atoms with Gasteiger partial charge in [-0.05, 0) is 41.8 Å². The summed E-state index contributed by atoms with van der Waals surface area (Å²) in [6.45, 7) is 0. The third-order valence-electron chi connectivity index (χ3n) is 3.86. The van der Waals surface area contributed by atoms with Gasteiger partial charge in [0.05, 0.1) is 17.6 Å². The molecule has 136 valence electrons. The third-order valence-corrected chi connectivity index (χ3v) is 3.86. The molecule has 8 heteroatoms. The number of esters is 1. The minimum Gasteiger partial charge on any atom is -0.465 e.